The third-order valence-electron chi connectivity index (χ3n) is 3.53. The summed E-state index contributed by atoms with van der Waals surface area (Å²) < 4.78 is 20.0. The Morgan fingerprint density at radius 3 is 2.85 bits per heavy atom. The van der Waals surface area contributed by atoms with Gasteiger partial charge in [-0.25, -0.2) is 9.07 Å². The molecule has 0 fully saturated rings. The Morgan fingerprint density at radius 1 is 1.30 bits per heavy atom. The first-order valence-electron chi connectivity index (χ1n) is 7.89. The van der Waals surface area contributed by atoms with Crippen molar-refractivity contribution in [2.45, 2.75) is 18.6 Å². The van der Waals surface area contributed by atoms with Gasteiger partial charge < -0.3 is 15.6 Å². The van der Waals surface area contributed by atoms with Gasteiger partial charge in [-0.2, -0.15) is 0 Å². The molecule has 2 heterocycles. The van der Waals surface area contributed by atoms with Gasteiger partial charge in [-0.15, -0.1) is 10.2 Å². The molecule has 0 spiro atoms. The van der Waals surface area contributed by atoms with E-state index >= 15 is 0 Å². The summed E-state index contributed by atoms with van der Waals surface area (Å²) in [6.07, 6.45) is 0. The summed E-state index contributed by atoms with van der Waals surface area (Å²) in [7, 11) is 0. The fraction of sp³-hybridized carbons (Fsp3) is 0.176. The number of nitrogens with two attached hydrogens (primary N) is 1. The zero-order valence-electron chi connectivity index (χ0n) is 14.3. The average Bonchev–Trinajstić information content (AvgIpc) is 3.25. The SMILES string of the molecule is CC(=O)NCc1ccc(C(=O)CSc2nnc(-c3cccc(F)c3)n2N)o1. The summed E-state index contributed by atoms with van der Waals surface area (Å²) in [6, 6.07) is 9.00. The van der Waals surface area contributed by atoms with E-state index in [4.69, 9.17) is 10.3 Å². The second-order valence-corrected chi connectivity index (χ2v) is 6.52. The van der Waals surface area contributed by atoms with E-state index in [0.29, 0.717) is 22.3 Å². The lowest BCUT2D eigenvalue weighted by Crippen LogP contribution is -2.18. The maximum absolute atomic E-state index is 13.4. The minimum atomic E-state index is -0.409. The van der Waals surface area contributed by atoms with E-state index in [0.717, 1.165) is 11.8 Å². The molecule has 0 radical (unpaired) electrons. The van der Waals surface area contributed by atoms with Gasteiger partial charge >= 0.3 is 0 Å². The molecular weight excluding hydrogens is 373 g/mol. The van der Waals surface area contributed by atoms with E-state index in [-0.39, 0.29) is 29.7 Å². The van der Waals surface area contributed by atoms with Crippen LogP contribution in [0.25, 0.3) is 11.4 Å². The van der Waals surface area contributed by atoms with Gasteiger partial charge in [0, 0.05) is 12.5 Å². The second kappa shape index (κ2) is 8.04. The normalized spacial score (nSPS) is 10.7. The maximum atomic E-state index is 13.4. The number of carbonyl (C=O) groups excluding carboxylic acids is 2. The first-order valence-corrected chi connectivity index (χ1v) is 8.88. The van der Waals surface area contributed by atoms with Crippen LogP contribution in [-0.2, 0) is 11.3 Å². The summed E-state index contributed by atoms with van der Waals surface area (Å²) in [6.45, 7) is 1.61. The zero-order valence-corrected chi connectivity index (χ0v) is 15.1. The number of amides is 1. The van der Waals surface area contributed by atoms with Gasteiger partial charge in [0.25, 0.3) is 0 Å². The Bertz CT molecular complexity index is 985. The van der Waals surface area contributed by atoms with Crippen molar-refractivity contribution in [2.75, 3.05) is 11.6 Å². The molecule has 0 bridgehead atoms. The Hall–Kier alpha value is -3.14. The maximum Gasteiger partial charge on any atom is 0.217 e. The number of nitrogens with zero attached hydrogens (tertiary/aromatic N) is 3. The first kappa shape index (κ1) is 18.6. The number of rotatable bonds is 7. The topological polar surface area (TPSA) is 116 Å². The number of ketones is 1. The number of nitrogens with one attached hydrogen (secondary N) is 1. The number of Topliss-reactive ketones (excluding diaryl/α,β-unsaturated/α-hetero) is 1. The van der Waals surface area contributed by atoms with Crippen LogP contribution in [0.2, 0.25) is 0 Å². The largest absolute Gasteiger partial charge is 0.456 e. The Morgan fingerprint density at radius 2 is 2.11 bits per heavy atom. The molecule has 27 heavy (non-hydrogen) atoms. The van der Waals surface area contributed by atoms with Crippen LogP contribution < -0.4 is 11.2 Å². The number of thioether (sulfide) groups is 1. The fourth-order valence-electron chi connectivity index (χ4n) is 2.24. The van der Waals surface area contributed by atoms with Gasteiger partial charge in [0.1, 0.15) is 11.6 Å². The quantitative estimate of drug-likeness (QED) is 0.361. The third kappa shape index (κ3) is 4.53. The number of benzene rings is 1. The van der Waals surface area contributed by atoms with Crippen molar-refractivity contribution >= 4 is 23.5 Å². The Labute approximate surface area is 157 Å². The molecule has 0 aliphatic carbocycles. The highest BCUT2D eigenvalue weighted by molar-refractivity contribution is 7.99. The lowest BCUT2D eigenvalue weighted by molar-refractivity contribution is -0.119. The molecule has 0 aliphatic rings. The van der Waals surface area contributed by atoms with Crippen LogP contribution in [0.4, 0.5) is 4.39 Å². The lowest BCUT2D eigenvalue weighted by atomic mass is 10.2. The number of halogens is 1. The molecule has 1 amide bonds. The van der Waals surface area contributed by atoms with Crippen molar-refractivity contribution in [1.29, 1.82) is 0 Å². The summed E-state index contributed by atoms with van der Waals surface area (Å²) in [5, 5.41) is 10.8. The predicted molar refractivity (Wildman–Crippen MR) is 96.8 cm³/mol. The number of nitrogen functional groups attached to an aromatic ring is 1. The lowest BCUT2D eigenvalue weighted by Gasteiger charge is -2.03. The second-order valence-electron chi connectivity index (χ2n) is 5.57. The molecule has 0 saturated carbocycles. The molecular formula is C17H16FN5O3S. The van der Waals surface area contributed by atoms with Gasteiger partial charge in [0.15, 0.2) is 11.6 Å². The van der Waals surface area contributed by atoms with Crippen LogP contribution in [0, 0.1) is 5.82 Å². The average molecular weight is 389 g/mol. The summed E-state index contributed by atoms with van der Waals surface area (Å²) >= 11 is 1.09. The van der Waals surface area contributed by atoms with Gasteiger partial charge in [0.05, 0.1) is 12.3 Å². The van der Waals surface area contributed by atoms with E-state index in [1.165, 1.54) is 23.7 Å². The van der Waals surface area contributed by atoms with E-state index in [1.54, 1.807) is 24.3 Å². The molecule has 8 nitrogen and oxygen atoms in total. The molecule has 2 aromatic heterocycles. The third-order valence-corrected chi connectivity index (χ3v) is 4.47. The van der Waals surface area contributed by atoms with Gasteiger partial charge in [-0.05, 0) is 24.3 Å². The van der Waals surface area contributed by atoms with Gasteiger partial charge in [-0.3, -0.25) is 9.59 Å². The molecule has 3 aromatic rings. The summed E-state index contributed by atoms with van der Waals surface area (Å²) in [5.74, 6) is 6.08. The predicted octanol–water partition coefficient (Wildman–Crippen LogP) is 2.00. The number of furan rings is 1. The summed E-state index contributed by atoms with van der Waals surface area (Å²) in [4.78, 5) is 23.2. The van der Waals surface area contributed by atoms with Crippen molar-refractivity contribution in [1.82, 2.24) is 20.2 Å². The standard InChI is InChI=1S/C17H16FN5O3S/c1-10(24)20-8-13-5-6-15(26-13)14(25)9-27-17-22-21-16(23(17)19)11-3-2-4-12(18)7-11/h2-7H,8-9,19H2,1H3,(H,20,24). The van der Waals surface area contributed by atoms with Crippen LogP contribution >= 0.6 is 11.8 Å². The highest BCUT2D eigenvalue weighted by Crippen LogP contribution is 2.23. The van der Waals surface area contributed by atoms with Crippen molar-refractivity contribution < 1.29 is 18.4 Å². The summed E-state index contributed by atoms with van der Waals surface area (Å²) in [5.41, 5.74) is 0.483. The van der Waals surface area contributed by atoms with E-state index in [1.807, 2.05) is 0 Å². The van der Waals surface area contributed by atoms with Crippen molar-refractivity contribution in [3.8, 4) is 11.4 Å². The van der Waals surface area contributed by atoms with E-state index in [9.17, 15) is 14.0 Å². The molecule has 10 heteroatoms. The molecule has 3 rings (SSSR count). The van der Waals surface area contributed by atoms with Crippen LogP contribution in [0.1, 0.15) is 23.2 Å². The van der Waals surface area contributed by atoms with Gasteiger partial charge in [0.2, 0.25) is 16.8 Å². The van der Waals surface area contributed by atoms with Crippen LogP contribution in [-0.4, -0.2) is 32.3 Å². The number of carbonyl (C=O) groups is 2. The van der Waals surface area contributed by atoms with Crippen molar-refractivity contribution in [3.63, 3.8) is 0 Å². The number of aromatic nitrogens is 3. The van der Waals surface area contributed by atoms with E-state index in [2.05, 4.69) is 15.5 Å². The van der Waals surface area contributed by atoms with Crippen LogP contribution in [0.3, 0.4) is 0 Å². The zero-order chi connectivity index (χ0) is 19.4. The molecule has 0 saturated heterocycles. The molecule has 0 aliphatic heterocycles. The van der Waals surface area contributed by atoms with Gasteiger partial charge in [-0.1, -0.05) is 23.9 Å². The fourth-order valence-corrected chi connectivity index (χ4v) is 2.96. The highest BCUT2D eigenvalue weighted by Gasteiger charge is 2.17. The van der Waals surface area contributed by atoms with Crippen molar-refractivity contribution in [3.05, 3.63) is 53.7 Å². The van der Waals surface area contributed by atoms with E-state index < -0.39 is 5.82 Å². The molecule has 3 N–H and O–H groups in total. The minimum Gasteiger partial charge on any atom is -0.456 e. The van der Waals surface area contributed by atoms with Crippen LogP contribution in [0.15, 0.2) is 46.0 Å². The smallest absolute Gasteiger partial charge is 0.217 e. The highest BCUT2D eigenvalue weighted by atomic mass is 32.2. The Kier molecular flexibility index (Phi) is 5.55. The molecule has 0 atom stereocenters. The first-order chi connectivity index (χ1) is 12.9. The van der Waals surface area contributed by atoms with Crippen molar-refractivity contribution in [2.24, 2.45) is 0 Å². The molecule has 0 unspecified atom stereocenters. The molecule has 140 valence electrons. The van der Waals surface area contributed by atoms with Crippen LogP contribution in [0.5, 0.6) is 0 Å². The monoisotopic (exact) mass is 389 g/mol. The number of hydrogen-bond donors (Lipinski definition) is 2. The molecule has 1 aromatic carbocycles. The Balaban J connectivity index is 1.63. The number of hydrogen-bond acceptors (Lipinski definition) is 7. The minimum absolute atomic E-state index is 0.0333.